The Morgan fingerprint density at radius 3 is 1.13 bits per heavy atom. The summed E-state index contributed by atoms with van der Waals surface area (Å²) in [7, 11) is -3.77. The summed E-state index contributed by atoms with van der Waals surface area (Å²) < 4.78 is 24.0. The van der Waals surface area contributed by atoms with Gasteiger partial charge in [0, 0.05) is 49.2 Å². The Balaban J connectivity index is 0. The SMILES string of the molecule is CCCC[Si](CCBr)(OCC)OCC.CCCC[Si](CCBr)(OCCC)OCCC. The van der Waals surface area contributed by atoms with E-state index in [4.69, 9.17) is 17.7 Å². The summed E-state index contributed by atoms with van der Waals surface area (Å²) in [6.45, 7) is 16.1. The summed E-state index contributed by atoms with van der Waals surface area (Å²) in [5.41, 5.74) is 0. The molecule has 0 atom stereocenters. The number of rotatable bonds is 20. The van der Waals surface area contributed by atoms with Crippen LogP contribution in [0.5, 0.6) is 0 Å². The molecule has 0 N–H and O–H groups in total. The molecule has 0 aromatic carbocycles. The van der Waals surface area contributed by atoms with Crippen LogP contribution < -0.4 is 0 Å². The van der Waals surface area contributed by atoms with E-state index in [0.29, 0.717) is 0 Å². The highest BCUT2D eigenvalue weighted by Gasteiger charge is 2.36. The first-order valence-electron chi connectivity index (χ1n) is 12.2. The van der Waals surface area contributed by atoms with E-state index in [2.05, 4.69) is 73.4 Å². The van der Waals surface area contributed by atoms with Gasteiger partial charge in [-0.2, -0.15) is 0 Å². The Labute approximate surface area is 207 Å². The Morgan fingerprint density at radius 1 is 0.500 bits per heavy atom. The van der Waals surface area contributed by atoms with Crippen molar-refractivity contribution in [2.75, 3.05) is 37.1 Å². The van der Waals surface area contributed by atoms with Gasteiger partial charge in [-0.1, -0.05) is 85.2 Å². The third-order valence-electron chi connectivity index (χ3n) is 4.73. The predicted octanol–water partition coefficient (Wildman–Crippen LogP) is 8.17. The summed E-state index contributed by atoms with van der Waals surface area (Å²) in [6.07, 6.45) is 7.06. The zero-order valence-electron chi connectivity index (χ0n) is 20.7. The van der Waals surface area contributed by atoms with Gasteiger partial charge < -0.3 is 17.7 Å². The van der Waals surface area contributed by atoms with E-state index in [1.54, 1.807) is 0 Å². The second-order valence-corrected chi connectivity index (χ2v) is 15.9. The molecule has 0 unspecified atom stereocenters. The smallest absolute Gasteiger partial charge is 0.338 e. The van der Waals surface area contributed by atoms with Gasteiger partial charge in [0.1, 0.15) is 0 Å². The number of halogens is 2. The maximum atomic E-state index is 6.11. The molecule has 184 valence electrons. The minimum absolute atomic E-state index is 0.781. The van der Waals surface area contributed by atoms with E-state index in [1.165, 1.54) is 25.7 Å². The van der Waals surface area contributed by atoms with Crippen molar-refractivity contribution < 1.29 is 17.7 Å². The van der Waals surface area contributed by atoms with Crippen LogP contribution in [0.15, 0.2) is 0 Å². The van der Waals surface area contributed by atoms with Crippen molar-refractivity contribution in [2.24, 2.45) is 0 Å². The van der Waals surface area contributed by atoms with Crippen LogP contribution in [0.2, 0.25) is 24.2 Å². The maximum Gasteiger partial charge on any atom is 0.338 e. The molecule has 0 aromatic heterocycles. The Hall–Kier alpha value is 1.23. The third kappa shape index (κ3) is 16.8. The molecular weight excluding hydrogens is 544 g/mol. The van der Waals surface area contributed by atoms with Crippen molar-refractivity contribution >= 4 is 49.0 Å². The van der Waals surface area contributed by atoms with Crippen LogP contribution in [-0.4, -0.2) is 54.2 Å². The molecule has 0 saturated heterocycles. The van der Waals surface area contributed by atoms with Gasteiger partial charge in [0.05, 0.1) is 0 Å². The molecule has 0 amide bonds. The molecule has 4 nitrogen and oxygen atoms in total. The van der Waals surface area contributed by atoms with Gasteiger partial charge in [-0.05, 0) is 38.8 Å². The molecule has 8 heteroatoms. The van der Waals surface area contributed by atoms with Gasteiger partial charge in [-0.25, -0.2) is 0 Å². The molecule has 30 heavy (non-hydrogen) atoms. The standard InChI is InChI=1S/C12H27BrO2Si.C10H23BrO2Si/c1-4-7-11-16(12-8-13,14-9-5-2)15-10-6-3;1-4-7-9-14(10-8-11,12-5-2)13-6-3/h4-12H2,1-3H3;4-10H2,1-3H3. The largest absolute Gasteiger partial charge is 0.394 e. The van der Waals surface area contributed by atoms with Gasteiger partial charge in [0.25, 0.3) is 0 Å². The van der Waals surface area contributed by atoms with E-state index < -0.39 is 17.1 Å². The number of hydrogen-bond donors (Lipinski definition) is 0. The summed E-state index contributed by atoms with van der Waals surface area (Å²) in [6, 6.07) is 4.42. The highest BCUT2D eigenvalue weighted by Crippen LogP contribution is 2.24. The zero-order chi connectivity index (χ0) is 23.1. The predicted molar refractivity (Wildman–Crippen MR) is 144 cm³/mol. The maximum absolute atomic E-state index is 6.11. The van der Waals surface area contributed by atoms with Crippen LogP contribution in [0, 0.1) is 0 Å². The monoisotopic (exact) mass is 592 g/mol. The van der Waals surface area contributed by atoms with Crippen LogP contribution in [0.25, 0.3) is 0 Å². The molecule has 0 aliphatic carbocycles. The topological polar surface area (TPSA) is 36.9 Å². The van der Waals surface area contributed by atoms with Crippen molar-refractivity contribution in [3.05, 3.63) is 0 Å². The minimum Gasteiger partial charge on any atom is -0.394 e. The van der Waals surface area contributed by atoms with E-state index in [1.807, 2.05) is 0 Å². The van der Waals surface area contributed by atoms with Crippen LogP contribution in [-0.2, 0) is 17.7 Å². The lowest BCUT2D eigenvalue weighted by Gasteiger charge is -2.30. The van der Waals surface area contributed by atoms with Gasteiger partial charge in [0.15, 0.2) is 0 Å². The average Bonchev–Trinajstić information content (AvgIpc) is 2.74. The zero-order valence-corrected chi connectivity index (χ0v) is 25.9. The molecule has 0 heterocycles. The molecule has 0 aliphatic heterocycles. The van der Waals surface area contributed by atoms with Crippen LogP contribution >= 0.6 is 31.9 Å². The highest BCUT2D eigenvalue weighted by molar-refractivity contribution is 9.09. The van der Waals surface area contributed by atoms with Gasteiger partial charge >= 0.3 is 17.1 Å². The number of hydrogen-bond acceptors (Lipinski definition) is 4. The molecule has 0 saturated carbocycles. The first kappa shape index (κ1) is 33.4. The Morgan fingerprint density at radius 2 is 0.867 bits per heavy atom. The van der Waals surface area contributed by atoms with Crippen molar-refractivity contribution in [1.29, 1.82) is 0 Å². The second-order valence-electron chi connectivity index (χ2n) is 7.47. The van der Waals surface area contributed by atoms with Crippen molar-refractivity contribution in [3.8, 4) is 0 Å². The van der Waals surface area contributed by atoms with Crippen molar-refractivity contribution in [3.63, 3.8) is 0 Å². The summed E-state index contributed by atoms with van der Waals surface area (Å²) in [5.74, 6) is 0. The fourth-order valence-corrected chi connectivity index (χ4v) is 13.2. The fraction of sp³-hybridized carbons (Fsp3) is 1.00. The molecular formula is C22H50Br2O4Si2. The Bertz CT molecular complexity index is 314. The first-order valence-corrected chi connectivity index (χ1v) is 18.9. The summed E-state index contributed by atoms with van der Waals surface area (Å²) in [5, 5.41) is 1.99. The fourth-order valence-electron chi connectivity index (χ4n) is 3.19. The lowest BCUT2D eigenvalue weighted by Crippen LogP contribution is -2.43. The van der Waals surface area contributed by atoms with E-state index in [-0.39, 0.29) is 0 Å². The average molecular weight is 595 g/mol. The van der Waals surface area contributed by atoms with Crippen LogP contribution in [0.4, 0.5) is 0 Å². The second kappa shape index (κ2) is 23.4. The lowest BCUT2D eigenvalue weighted by molar-refractivity contribution is 0.167. The molecule has 0 fully saturated rings. The van der Waals surface area contributed by atoms with Gasteiger partial charge in [0.2, 0.25) is 0 Å². The molecule has 0 rings (SSSR count). The molecule has 0 aliphatic rings. The Kier molecular flexibility index (Phi) is 26.1. The van der Waals surface area contributed by atoms with E-state index in [9.17, 15) is 0 Å². The van der Waals surface area contributed by atoms with Crippen molar-refractivity contribution in [2.45, 2.75) is 104 Å². The number of unbranched alkanes of at least 4 members (excludes halogenated alkanes) is 2. The summed E-state index contributed by atoms with van der Waals surface area (Å²) >= 11 is 7.03. The van der Waals surface area contributed by atoms with Gasteiger partial charge in [-0.15, -0.1) is 0 Å². The summed E-state index contributed by atoms with van der Waals surface area (Å²) in [4.78, 5) is 0. The normalized spacial score (nSPS) is 12.0. The van der Waals surface area contributed by atoms with E-state index in [0.717, 1.165) is 74.1 Å². The first-order chi connectivity index (χ1) is 14.5. The van der Waals surface area contributed by atoms with Gasteiger partial charge in [-0.3, -0.25) is 0 Å². The lowest BCUT2D eigenvalue weighted by atomic mass is 10.4. The number of alkyl halides is 2. The van der Waals surface area contributed by atoms with E-state index >= 15 is 0 Å². The third-order valence-corrected chi connectivity index (χ3v) is 14.3. The van der Waals surface area contributed by atoms with Crippen LogP contribution in [0.3, 0.4) is 0 Å². The molecule has 0 radical (unpaired) electrons. The van der Waals surface area contributed by atoms with Crippen molar-refractivity contribution in [1.82, 2.24) is 0 Å². The molecule has 0 aromatic rings. The molecule has 0 bridgehead atoms. The highest BCUT2D eigenvalue weighted by atomic mass is 79.9. The minimum atomic E-state index is -1.91. The molecule has 0 spiro atoms. The van der Waals surface area contributed by atoms with Crippen LogP contribution in [0.1, 0.15) is 80.1 Å². The quantitative estimate of drug-likeness (QED) is 0.105.